The van der Waals surface area contributed by atoms with Crippen molar-refractivity contribution in [2.45, 2.75) is 11.8 Å². The Kier molecular flexibility index (Phi) is 7.29. The minimum Gasteiger partial charge on any atom is -0.422 e. The first kappa shape index (κ1) is 22.3. The van der Waals surface area contributed by atoms with Crippen LogP contribution in [0.1, 0.15) is 20.8 Å². The topological polar surface area (TPSA) is 114 Å². The van der Waals surface area contributed by atoms with Gasteiger partial charge in [-0.3, -0.25) is 4.79 Å². The highest BCUT2D eigenvalue weighted by Crippen LogP contribution is 2.16. The third kappa shape index (κ3) is 6.57. The molecular weight excluding hydrogens is 438 g/mol. The highest BCUT2D eigenvalue weighted by atomic mass is 32.2. The number of benzene rings is 2. The summed E-state index contributed by atoms with van der Waals surface area (Å²) >= 11 is 1.29. The summed E-state index contributed by atoms with van der Waals surface area (Å²) in [5.41, 5.74) is 3.83. The normalized spacial score (nSPS) is 11.4. The van der Waals surface area contributed by atoms with E-state index in [1.165, 1.54) is 29.7 Å². The molecule has 3 rings (SSSR count). The summed E-state index contributed by atoms with van der Waals surface area (Å²) in [7, 11) is -3.78. The van der Waals surface area contributed by atoms with Gasteiger partial charge in [0, 0.05) is 0 Å². The van der Waals surface area contributed by atoms with Crippen molar-refractivity contribution < 1.29 is 22.7 Å². The molecule has 1 heterocycles. The predicted octanol–water partition coefficient (Wildman–Crippen LogP) is 2.70. The Morgan fingerprint density at radius 3 is 2.42 bits per heavy atom. The Balaban J connectivity index is 1.47. The number of sulfonamides is 1. The Morgan fingerprint density at radius 2 is 1.77 bits per heavy atom. The lowest BCUT2D eigenvalue weighted by Gasteiger charge is -2.06. The van der Waals surface area contributed by atoms with E-state index in [4.69, 9.17) is 4.74 Å². The van der Waals surface area contributed by atoms with Gasteiger partial charge in [0.25, 0.3) is 5.91 Å². The van der Waals surface area contributed by atoms with Gasteiger partial charge in [0.1, 0.15) is 10.6 Å². The molecule has 3 aromatic rings. The highest BCUT2D eigenvalue weighted by Gasteiger charge is 2.15. The van der Waals surface area contributed by atoms with Gasteiger partial charge in [-0.1, -0.05) is 23.8 Å². The largest absolute Gasteiger partial charge is 0.422 e. The van der Waals surface area contributed by atoms with Gasteiger partial charge in [0.05, 0.1) is 17.7 Å². The smallest absolute Gasteiger partial charge is 0.353 e. The van der Waals surface area contributed by atoms with Crippen LogP contribution < -0.4 is 14.9 Å². The van der Waals surface area contributed by atoms with Crippen LogP contribution in [0.3, 0.4) is 0 Å². The van der Waals surface area contributed by atoms with Crippen molar-refractivity contribution in [3.8, 4) is 5.75 Å². The third-order valence-corrected chi connectivity index (χ3v) is 6.24. The first-order valence-corrected chi connectivity index (χ1v) is 11.4. The molecule has 2 N–H and O–H groups in total. The number of rotatable bonds is 8. The van der Waals surface area contributed by atoms with E-state index in [0.29, 0.717) is 16.2 Å². The summed E-state index contributed by atoms with van der Waals surface area (Å²) in [6, 6.07) is 16.2. The van der Waals surface area contributed by atoms with Crippen LogP contribution in [-0.4, -0.2) is 33.1 Å². The van der Waals surface area contributed by atoms with Crippen molar-refractivity contribution in [2.24, 2.45) is 5.10 Å². The van der Waals surface area contributed by atoms with E-state index in [1.54, 1.807) is 53.9 Å². The monoisotopic (exact) mass is 457 g/mol. The molecule has 0 saturated carbocycles. The van der Waals surface area contributed by atoms with Crippen molar-refractivity contribution in [2.75, 3.05) is 6.54 Å². The van der Waals surface area contributed by atoms with E-state index < -0.39 is 28.4 Å². The predicted molar refractivity (Wildman–Crippen MR) is 118 cm³/mol. The number of nitrogens with one attached hydrogen (secondary N) is 2. The molecule has 0 unspecified atom stereocenters. The maximum absolute atomic E-state index is 12.2. The number of hydrogen-bond acceptors (Lipinski definition) is 7. The molecule has 0 atom stereocenters. The second-order valence-electron chi connectivity index (χ2n) is 6.37. The van der Waals surface area contributed by atoms with Gasteiger partial charge in [-0.05, 0) is 60.3 Å². The second kappa shape index (κ2) is 10.1. The zero-order valence-electron chi connectivity index (χ0n) is 16.4. The Hall–Kier alpha value is -3.34. The highest BCUT2D eigenvalue weighted by molar-refractivity contribution is 7.89. The number of thiophene rings is 1. The molecule has 160 valence electrons. The maximum Gasteiger partial charge on any atom is 0.353 e. The number of amides is 1. The lowest BCUT2D eigenvalue weighted by Crippen LogP contribution is -2.34. The molecule has 0 aliphatic carbocycles. The quantitative estimate of drug-likeness (QED) is 0.234. The van der Waals surface area contributed by atoms with E-state index in [1.807, 2.05) is 6.92 Å². The molecule has 1 amide bonds. The van der Waals surface area contributed by atoms with Gasteiger partial charge >= 0.3 is 5.97 Å². The zero-order valence-corrected chi connectivity index (χ0v) is 18.1. The third-order valence-electron chi connectivity index (χ3n) is 3.97. The number of carbonyl (C=O) groups is 2. The zero-order chi connectivity index (χ0) is 22.3. The van der Waals surface area contributed by atoms with Gasteiger partial charge in [-0.25, -0.2) is 23.4 Å². The molecule has 0 spiro atoms. The van der Waals surface area contributed by atoms with Crippen molar-refractivity contribution >= 4 is 39.5 Å². The van der Waals surface area contributed by atoms with Gasteiger partial charge in [-0.15, -0.1) is 11.3 Å². The summed E-state index contributed by atoms with van der Waals surface area (Å²) in [5.74, 6) is -0.671. The van der Waals surface area contributed by atoms with Crippen LogP contribution >= 0.6 is 11.3 Å². The van der Waals surface area contributed by atoms with Crippen molar-refractivity contribution in [3.63, 3.8) is 0 Å². The number of hydrogen-bond donors (Lipinski definition) is 2. The maximum atomic E-state index is 12.2. The van der Waals surface area contributed by atoms with Gasteiger partial charge in [0.15, 0.2) is 0 Å². The first-order chi connectivity index (χ1) is 14.8. The fraction of sp³-hybridized carbons (Fsp3) is 0.0952. The van der Waals surface area contributed by atoms with Gasteiger partial charge < -0.3 is 4.74 Å². The summed E-state index contributed by atoms with van der Waals surface area (Å²) < 4.78 is 31.8. The van der Waals surface area contributed by atoms with E-state index >= 15 is 0 Å². The van der Waals surface area contributed by atoms with E-state index in [0.717, 1.165) is 5.56 Å². The number of ether oxygens (including phenoxy) is 1. The lowest BCUT2D eigenvalue weighted by atomic mass is 10.2. The molecule has 31 heavy (non-hydrogen) atoms. The van der Waals surface area contributed by atoms with E-state index in [-0.39, 0.29) is 4.90 Å². The Morgan fingerprint density at radius 1 is 1.06 bits per heavy atom. The summed E-state index contributed by atoms with van der Waals surface area (Å²) in [6.07, 6.45) is 1.39. The SMILES string of the molecule is Cc1ccc(S(=O)(=O)NCC(=O)N/N=C\c2ccc(OC(=O)c3cccs3)cc2)cc1. The fourth-order valence-corrected chi connectivity index (χ4v) is 3.93. The Labute approximate surface area is 183 Å². The van der Waals surface area contributed by atoms with Crippen LogP contribution in [-0.2, 0) is 14.8 Å². The summed E-state index contributed by atoms with van der Waals surface area (Å²) in [6.45, 7) is 1.39. The molecule has 0 saturated heterocycles. The van der Waals surface area contributed by atoms with E-state index in [9.17, 15) is 18.0 Å². The molecule has 8 nitrogen and oxygen atoms in total. The first-order valence-electron chi connectivity index (χ1n) is 9.07. The molecule has 2 aromatic carbocycles. The molecule has 1 aromatic heterocycles. The average molecular weight is 458 g/mol. The molecule has 0 bridgehead atoms. The molecule has 0 aliphatic heterocycles. The summed E-state index contributed by atoms with van der Waals surface area (Å²) in [4.78, 5) is 24.3. The number of hydrazone groups is 1. The molecular formula is C21H19N3O5S2. The van der Waals surface area contributed by atoms with Crippen molar-refractivity contribution in [3.05, 3.63) is 82.0 Å². The van der Waals surface area contributed by atoms with Crippen LogP contribution in [0.4, 0.5) is 0 Å². The molecule has 0 aliphatic rings. The van der Waals surface area contributed by atoms with Crippen LogP contribution in [0, 0.1) is 6.92 Å². The van der Waals surface area contributed by atoms with Crippen LogP contribution in [0.25, 0.3) is 0 Å². The van der Waals surface area contributed by atoms with Crippen LogP contribution in [0.2, 0.25) is 0 Å². The fourth-order valence-electron chi connectivity index (χ4n) is 2.35. The number of aryl methyl sites for hydroxylation is 1. The van der Waals surface area contributed by atoms with Gasteiger partial charge in [0.2, 0.25) is 10.0 Å². The standard InChI is InChI=1S/C21H19N3O5S2/c1-15-4-10-18(11-5-15)31(27,28)23-14-20(25)24-22-13-16-6-8-17(9-7-16)29-21(26)19-3-2-12-30-19/h2-13,23H,14H2,1H3,(H,24,25)/b22-13-. The average Bonchev–Trinajstić information content (AvgIpc) is 3.29. The minimum atomic E-state index is -3.78. The van der Waals surface area contributed by atoms with Crippen molar-refractivity contribution in [1.29, 1.82) is 0 Å². The molecule has 0 radical (unpaired) electrons. The Bertz CT molecular complexity index is 1170. The summed E-state index contributed by atoms with van der Waals surface area (Å²) in [5, 5.41) is 5.58. The lowest BCUT2D eigenvalue weighted by molar-refractivity contribution is -0.119. The number of carbonyl (C=O) groups excluding carboxylic acids is 2. The van der Waals surface area contributed by atoms with Crippen LogP contribution in [0.5, 0.6) is 5.75 Å². The second-order valence-corrected chi connectivity index (χ2v) is 9.08. The number of esters is 1. The molecule has 0 fully saturated rings. The van der Waals surface area contributed by atoms with Crippen molar-refractivity contribution in [1.82, 2.24) is 10.1 Å². The van der Waals surface area contributed by atoms with E-state index in [2.05, 4.69) is 15.2 Å². The number of nitrogens with zero attached hydrogens (tertiary/aromatic N) is 1. The van der Waals surface area contributed by atoms with Crippen LogP contribution in [0.15, 0.2) is 76.0 Å². The minimum absolute atomic E-state index is 0.0780. The molecule has 10 heteroatoms. The van der Waals surface area contributed by atoms with Gasteiger partial charge in [-0.2, -0.15) is 5.10 Å².